The van der Waals surface area contributed by atoms with Gasteiger partial charge in [-0.15, -0.1) is 11.6 Å². The van der Waals surface area contributed by atoms with Crippen molar-refractivity contribution < 1.29 is 0 Å². The molecule has 0 aliphatic rings. The van der Waals surface area contributed by atoms with Crippen LogP contribution in [0.25, 0.3) is 0 Å². The van der Waals surface area contributed by atoms with Gasteiger partial charge in [0, 0.05) is 16.8 Å². The Labute approximate surface area is 42.5 Å². The van der Waals surface area contributed by atoms with E-state index in [9.17, 15) is 0 Å². The van der Waals surface area contributed by atoms with Gasteiger partial charge in [-0.2, -0.15) is 0 Å². The average Bonchev–Trinajstić information content (AvgIpc) is 1.37. The van der Waals surface area contributed by atoms with Crippen LogP contribution >= 0.6 is 11.6 Å². The quantitative estimate of drug-likeness (QED) is 0.349. The van der Waals surface area contributed by atoms with Crippen LogP contribution in [0.3, 0.4) is 0 Å². The van der Waals surface area contributed by atoms with Crippen LogP contribution < -0.4 is 0 Å². The third-order valence-corrected chi connectivity index (χ3v) is 0.567. The molecule has 0 saturated heterocycles. The van der Waals surface area contributed by atoms with Gasteiger partial charge in [-0.25, -0.2) is 0 Å². The van der Waals surface area contributed by atoms with E-state index in [1.165, 1.54) is 0 Å². The van der Waals surface area contributed by atoms with Crippen LogP contribution in [0.4, 0.5) is 0 Å². The van der Waals surface area contributed by atoms with E-state index in [0.29, 0.717) is 0 Å². The SMILES string of the molecule is CCCCl.[Si]. The zero-order valence-corrected chi connectivity index (χ0v) is 5.05. The number of hydrogen-bond donors (Lipinski definition) is 0. The molecule has 4 radical (unpaired) electrons. The first-order valence-electron chi connectivity index (χ1n) is 1.47. The molecule has 0 spiro atoms. The highest BCUT2D eigenvalue weighted by Crippen LogP contribution is 1.75. The molecule has 5 heavy (non-hydrogen) atoms. The topological polar surface area (TPSA) is 0 Å². The minimum absolute atomic E-state index is 0. The maximum Gasteiger partial charge on any atom is 0.0220 e. The normalized spacial score (nSPS) is 6.00. The van der Waals surface area contributed by atoms with Crippen LogP contribution in [-0.4, -0.2) is 16.8 Å². The summed E-state index contributed by atoms with van der Waals surface area (Å²) in [5.74, 6) is 0.792. The van der Waals surface area contributed by atoms with Gasteiger partial charge in [0.15, 0.2) is 0 Å². The van der Waals surface area contributed by atoms with Gasteiger partial charge >= 0.3 is 0 Å². The molecule has 0 rings (SSSR count). The first kappa shape index (κ1) is 9.10. The molecule has 0 aliphatic heterocycles. The lowest BCUT2D eigenvalue weighted by Gasteiger charge is -1.65. The summed E-state index contributed by atoms with van der Waals surface area (Å²) in [5, 5.41) is 0. The second-order valence-corrected chi connectivity index (χ2v) is 1.07. The molecule has 0 amide bonds. The number of rotatable bonds is 1. The lowest BCUT2D eigenvalue weighted by Crippen LogP contribution is -1.55. The molecule has 0 fully saturated rings. The Morgan fingerprint density at radius 2 is 1.80 bits per heavy atom. The van der Waals surface area contributed by atoms with Gasteiger partial charge in [0.2, 0.25) is 0 Å². The van der Waals surface area contributed by atoms with Crippen molar-refractivity contribution in [2.45, 2.75) is 13.3 Å². The first-order valence-corrected chi connectivity index (χ1v) is 2.01. The van der Waals surface area contributed by atoms with Crippen LogP contribution in [0.15, 0.2) is 0 Å². The standard InChI is InChI=1S/C3H7Cl.Si/c1-2-3-4;/h2-3H2,1H3;. The fourth-order valence-corrected chi connectivity index (χ4v) is 0. The predicted molar refractivity (Wildman–Crippen MR) is 26.8 cm³/mol. The molecule has 0 bridgehead atoms. The second kappa shape index (κ2) is 8.82. The molecule has 2 heteroatoms. The molecule has 0 atom stereocenters. The fourth-order valence-electron chi connectivity index (χ4n) is 0. The molecule has 0 saturated carbocycles. The fraction of sp³-hybridized carbons (Fsp3) is 1.00. The summed E-state index contributed by atoms with van der Waals surface area (Å²) < 4.78 is 0. The maximum absolute atomic E-state index is 5.19. The van der Waals surface area contributed by atoms with Gasteiger partial charge in [-0.1, -0.05) is 6.92 Å². The summed E-state index contributed by atoms with van der Waals surface area (Å²) in [5.41, 5.74) is 0. The highest BCUT2D eigenvalue weighted by Gasteiger charge is 1.59. The highest BCUT2D eigenvalue weighted by atomic mass is 35.5. The van der Waals surface area contributed by atoms with E-state index in [1.807, 2.05) is 6.92 Å². The van der Waals surface area contributed by atoms with Gasteiger partial charge in [0.25, 0.3) is 0 Å². The first-order chi connectivity index (χ1) is 1.91. The molecule has 0 aromatic heterocycles. The van der Waals surface area contributed by atoms with E-state index in [4.69, 9.17) is 11.6 Å². The summed E-state index contributed by atoms with van der Waals surface area (Å²) >= 11 is 5.19. The van der Waals surface area contributed by atoms with Crippen molar-refractivity contribution in [3.05, 3.63) is 0 Å². The van der Waals surface area contributed by atoms with E-state index >= 15 is 0 Å². The average molecular weight is 107 g/mol. The Balaban J connectivity index is 0. The lowest BCUT2D eigenvalue weighted by atomic mass is 10.6. The Hall–Kier alpha value is 0.507. The van der Waals surface area contributed by atoms with Crippen molar-refractivity contribution >= 4 is 22.6 Å². The van der Waals surface area contributed by atoms with Crippen molar-refractivity contribution in [1.29, 1.82) is 0 Å². The maximum atomic E-state index is 5.19. The number of hydrogen-bond acceptors (Lipinski definition) is 0. The minimum atomic E-state index is 0. The van der Waals surface area contributed by atoms with E-state index in [1.54, 1.807) is 0 Å². The van der Waals surface area contributed by atoms with Crippen LogP contribution in [0.1, 0.15) is 13.3 Å². The Kier molecular flexibility index (Phi) is 16.0. The summed E-state index contributed by atoms with van der Waals surface area (Å²) in [6.07, 6.45) is 1.08. The summed E-state index contributed by atoms with van der Waals surface area (Å²) in [7, 11) is 0. The third-order valence-electron chi connectivity index (χ3n) is 0.189. The zero-order valence-electron chi connectivity index (χ0n) is 3.29. The molecule has 0 heterocycles. The van der Waals surface area contributed by atoms with Gasteiger partial charge in [0.05, 0.1) is 0 Å². The molecule has 0 nitrogen and oxygen atoms in total. The van der Waals surface area contributed by atoms with E-state index < -0.39 is 0 Å². The summed E-state index contributed by atoms with van der Waals surface area (Å²) in [6, 6.07) is 0. The second-order valence-electron chi connectivity index (χ2n) is 0.689. The van der Waals surface area contributed by atoms with E-state index in [0.717, 1.165) is 12.3 Å². The molecule has 0 aromatic rings. The summed E-state index contributed by atoms with van der Waals surface area (Å²) in [4.78, 5) is 0. The third kappa shape index (κ3) is 12.5. The van der Waals surface area contributed by atoms with Gasteiger partial charge in [0.1, 0.15) is 0 Å². The monoisotopic (exact) mass is 106 g/mol. The Bertz CT molecular complexity index is 8.85. The number of halogens is 1. The Morgan fingerprint density at radius 3 is 1.80 bits per heavy atom. The lowest BCUT2D eigenvalue weighted by molar-refractivity contribution is 1.10. The van der Waals surface area contributed by atoms with Crippen LogP contribution in [0.2, 0.25) is 0 Å². The predicted octanol–water partition coefficient (Wildman–Crippen LogP) is 1.25. The van der Waals surface area contributed by atoms with Crippen molar-refractivity contribution in [1.82, 2.24) is 0 Å². The van der Waals surface area contributed by atoms with Crippen LogP contribution in [-0.2, 0) is 0 Å². The van der Waals surface area contributed by atoms with Gasteiger partial charge in [-0.05, 0) is 6.42 Å². The van der Waals surface area contributed by atoms with Gasteiger partial charge < -0.3 is 0 Å². The summed E-state index contributed by atoms with van der Waals surface area (Å²) in [6.45, 7) is 2.05. The molecule has 30 valence electrons. The molecule has 0 aromatic carbocycles. The van der Waals surface area contributed by atoms with Crippen molar-refractivity contribution in [3.63, 3.8) is 0 Å². The van der Waals surface area contributed by atoms with Crippen LogP contribution in [0.5, 0.6) is 0 Å². The largest absolute Gasteiger partial charge is 0.127 e. The smallest absolute Gasteiger partial charge is 0.0220 e. The highest BCUT2D eigenvalue weighted by molar-refractivity contribution is 6.17. The van der Waals surface area contributed by atoms with Crippen molar-refractivity contribution in [2.75, 3.05) is 5.88 Å². The Morgan fingerprint density at radius 1 is 1.60 bits per heavy atom. The molecular formula is C3H7ClSi. The molecule has 0 aliphatic carbocycles. The van der Waals surface area contributed by atoms with E-state index in [2.05, 4.69) is 0 Å². The van der Waals surface area contributed by atoms with Crippen molar-refractivity contribution in [2.24, 2.45) is 0 Å². The minimum Gasteiger partial charge on any atom is -0.127 e. The van der Waals surface area contributed by atoms with Gasteiger partial charge in [-0.3, -0.25) is 0 Å². The molecule has 0 N–H and O–H groups in total. The van der Waals surface area contributed by atoms with E-state index in [-0.39, 0.29) is 11.0 Å². The van der Waals surface area contributed by atoms with Crippen LogP contribution in [0, 0.1) is 0 Å². The zero-order chi connectivity index (χ0) is 3.41. The number of alkyl halides is 1. The van der Waals surface area contributed by atoms with Crippen molar-refractivity contribution in [3.8, 4) is 0 Å². The molecule has 0 unspecified atom stereocenters. The molecular weight excluding hydrogens is 99.6 g/mol.